The third-order valence-corrected chi connectivity index (χ3v) is 5.11. The Morgan fingerprint density at radius 1 is 1.28 bits per heavy atom. The van der Waals surface area contributed by atoms with E-state index in [1.807, 2.05) is 19.1 Å². The highest BCUT2D eigenvalue weighted by Gasteiger charge is 2.26. The van der Waals surface area contributed by atoms with Crippen LogP contribution in [0.15, 0.2) is 24.3 Å². The number of rotatable bonds is 5. The summed E-state index contributed by atoms with van der Waals surface area (Å²) in [5, 5.41) is 16.4. The van der Waals surface area contributed by atoms with Crippen LogP contribution in [0, 0.1) is 5.92 Å². The average molecular weight is 362 g/mol. The highest BCUT2D eigenvalue weighted by molar-refractivity contribution is 6.30. The summed E-state index contributed by atoms with van der Waals surface area (Å²) in [6, 6.07) is 7.07. The standard InChI is InChI=1S/C18H24ClN5O/c1-3-16(18(25)20-15-10-4-12(2)5-11-15)24-22-17(21-23-24)13-6-8-14(19)9-7-13/h6-9,12,15-16H,3-5,10-11H2,1-2H3,(H,20,25). The van der Waals surface area contributed by atoms with Gasteiger partial charge < -0.3 is 5.32 Å². The number of nitrogens with zero attached hydrogens (tertiary/aromatic N) is 4. The summed E-state index contributed by atoms with van der Waals surface area (Å²) in [7, 11) is 0. The zero-order valence-electron chi connectivity index (χ0n) is 14.7. The molecule has 3 rings (SSSR count). The van der Waals surface area contributed by atoms with Crippen LogP contribution in [-0.4, -0.2) is 32.2 Å². The number of hydrogen-bond donors (Lipinski definition) is 1. The Morgan fingerprint density at radius 3 is 2.60 bits per heavy atom. The highest BCUT2D eigenvalue weighted by Crippen LogP contribution is 2.24. The molecule has 1 fully saturated rings. The molecule has 0 spiro atoms. The molecule has 0 radical (unpaired) electrons. The number of halogens is 1. The van der Waals surface area contributed by atoms with E-state index in [9.17, 15) is 4.79 Å². The maximum absolute atomic E-state index is 12.7. The molecule has 1 N–H and O–H groups in total. The molecule has 0 aliphatic heterocycles. The monoisotopic (exact) mass is 361 g/mol. The van der Waals surface area contributed by atoms with E-state index in [-0.39, 0.29) is 11.9 Å². The number of benzene rings is 1. The molecule has 0 bridgehead atoms. The van der Waals surface area contributed by atoms with E-state index in [4.69, 9.17) is 11.6 Å². The summed E-state index contributed by atoms with van der Waals surface area (Å²) >= 11 is 5.91. The van der Waals surface area contributed by atoms with E-state index < -0.39 is 6.04 Å². The molecular formula is C18H24ClN5O. The van der Waals surface area contributed by atoms with Gasteiger partial charge in [-0.15, -0.1) is 10.2 Å². The van der Waals surface area contributed by atoms with Gasteiger partial charge in [-0.3, -0.25) is 4.79 Å². The Morgan fingerprint density at radius 2 is 1.96 bits per heavy atom. The molecule has 2 aromatic rings. The minimum atomic E-state index is -0.437. The first-order valence-corrected chi connectivity index (χ1v) is 9.30. The minimum Gasteiger partial charge on any atom is -0.351 e. The number of carbonyl (C=O) groups excluding carboxylic acids is 1. The predicted molar refractivity (Wildman–Crippen MR) is 97.2 cm³/mol. The lowest BCUT2D eigenvalue weighted by Crippen LogP contribution is -2.41. The lowest BCUT2D eigenvalue weighted by Gasteiger charge is -2.28. The van der Waals surface area contributed by atoms with Crippen LogP contribution < -0.4 is 5.32 Å². The van der Waals surface area contributed by atoms with E-state index in [0.717, 1.165) is 24.3 Å². The molecule has 25 heavy (non-hydrogen) atoms. The van der Waals surface area contributed by atoms with Crippen LogP contribution >= 0.6 is 11.6 Å². The van der Waals surface area contributed by atoms with Crippen molar-refractivity contribution in [2.75, 3.05) is 0 Å². The number of tetrazole rings is 1. The Labute approximate surface area is 152 Å². The summed E-state index contributed by atoms with van der Waals surface area (Å²) in [5.74, 6) is 1.23. The van der Waals surface area contributed by atoms with Gasteiger partial charge in [0.2, 0.25) is 11.7 Å². The smallest absolute Gasteiger partial charge is 0.247 e. The first kappa shape index (κ1) is 17.9. The lowest BCUT2D eigenvalue weighted by molar-refractivity contribution is -0.126. The predicted octanol–water partition coefficient (Wildman–Crippen LogP) is 3.64. The lowest BCUT2D eigenvalue weighted by atomic mass is 9.87. The van der Waals surface area contributed by atoms with Crippen molar-refractivity contribution in [3.05, 3.63) is 29.3 Å². The summed E-state index contributed by atoms with van der Waals surface area (Å²) in [6.45, 7) is 4.23. The van der Waals surface area contributed by atoms with Gasteiger partial charge in [0.15, 0.2) is 6.04 Å². The second-order valence-corrected chi connectivity index (χ2v) is 7.27. The molecule has 7 heteroatoms. The normalized spacial score (nSPS) is 21.7. The Bertz CT molecular complexity index is 707. The van der Waals surface area contributed by atoms with Crippen molar-refractivity contribution in [2.24, 2.45) is 5.92 Å². The van der Waals surface area contributed by atoms with Gasteiger partial charge in [0.1, 0.15) is 0 Å². The van der Waals surface area contributed by atoms with E-state index in [1.54, 1.807) is 12.1 Å². The quantitative estimate of drug-likeness (QED) is 0.882. The zero-order chi connectivity index (χ0) is 17.8. The molecular weight excluding hydrogens is 338 g/mol. The Hall–Kier alpha value is -1.95. The molecule has 134 valence electrons. The molecule has 1 saturated carbocycles. The molecule has 1 aromatic carbocycles. The summed E-state index contributed by atoms with van der Waals surface area (Å²) in [6.07, 6.45) is 5.05. The Balaban J connectivity index is 1.68. The van der Waals surface area contributed by atoms with Crippen LogP contribution in [0.2, 0.25) is 5.02 Å². The third kappa shape index (κ3) is 4.37. The van der Waals surface area contributed by atoms with Crippen LogP contribution in [0.5, 0.6) is 0 Å². The number of nitrogens with one attached hydrogen (secondary N) is 1. The molecule has 1 aliphatic carbocycles. The van der Waals surface area contributed by atoms with Crippen molar-refractivity contribution >= 4 is 17.5 Å². The number of aromatic nitrogens is 4. The Kier molecular flexibility index (Phi) is 5.68. The van der Waals surface area contributed by atoms with Crippen LogP contribution in [-0.2, 0) is 4.79 Å². The fourth-order valence-corrected chi connectivity index (χ4v) is 3.35. The maximum Gasteiger partial charge on any atom is 0.247 e. The van der Waals surface area contributed by atoms with Gasteiger partial charge in [0.05, 0.1) is 0 Å². The summed E-state index contributed by atoms with van der Waals surface area (Å²) in [5.41, 5.74) is 0.826. The first-order chi connectivity index (χ1) is 12.1. The van der Waals surface area contributed by atoms with Gasteiger partial charge in [0, 0.05) is 16.6 Å². The molecule has 1 heterocycles. The fraction of sp³-hybridized carbons (Fsp3) is 0.556. The van der Waals surface area contributed by atoms with E-state index in [0.29, 0.717) is 17.3 Å². The fourth-order valence-electron chi connectivity index (χ4n) is 3.23. The van der Waals surface area contributed by atoms with Crippen molar-refractivity contribution < 1.29 is 4.79 Å². The van der Waals surface area contributed by atoms with Crippen molar-refractivity contribution in [3.63, 3.8) is 0 Å². The van der Waals surface area contributed by atoms with Crippen molar-refractivity contribution in [3.8, 4) is 11.4 Å². The van der Waals surface area contributed by atoms with E-state index >= 15 is 0 Å². The van der Waals surface area contributed by atoms with Gasteiger partial charge in [-0.05, 0) is 67.5 Å². The van der Waals surface area contributed by atoms with Crippen LogP contribution in [0.4, 0.5) is 0 Å². The first-order valence-electron chi connectivity index (χ1n) is 8.92. The number of hydrogen-bond acceptors (Lipinski definition) is 4. The topological polar surface area (TPSA) is 72.7 Å². The molecule has 0 saturated heterocycles. The highest BCUT2D eigenvalue weighted by atomic mass is 35.5. The second kappa shape index (κ2) is 7.95. The molecule has 1 aromatic heterocycles. The van der Waals surface area contributed by atoms with E-state index in [2.05, 4.69) is 27.7 Å². The molecule has 6 nitrogen and oxygen atoms in total. The zero-order valence-corrected chi connectivity index (χ0v) is 15.4. The van der Waals surface area contributed by atoms with Crippen LogP contribution in [0.3, 0.4) is 0 Å². The molecule has 1 amide bonds. The second-order valence-electron chi connectivity index (χ2n) is 6.83. The van der Waals surface area contributed by atoms with Gasteiger partial charge in [-0.2, -0.15) is 4.80 Å². The molecule has 1 aliphatic rings. The minimum absolute atomic E-state index is 0.0258. The van der Waals surface area contributed by atoms with E-state index in [1.165, 1.54) is 17.6 Å². The van der Waals surface area contributed by atoms with Crippen LogP contribution in [0.25, 0.3) is 11.4 Å². The largest absolute Gasteiger partial charge is 0.351 e. The summed E-state index contributed by atoms with van der Waals surface area (Å²) < 4.78 is 0. The molecule has 1 atom stereocenters. The average Bonchev–Trinajstić information content (AvgIpc) is 3.08. The van der Waals surface area contributed by atoms with Gasteiger partial charge >= 0.3 is 0 Å². The maximum atomic E-state index is 12.7. The molecule has 1 unspecified atom stereocenters. The van der Waals surface area contributed by atoms with Gasteiger partial charge in [0.25, 0.3) is 0 Å². The van der Waals surface area contributed by atoms with Crippen LogP contribution in [0.1, 0.15) is 52.0 Å². The van der Waals surface area contributed by atoms with Gasteiger partial charge in [-0.25, -0.2) is 0 Å². The van der Waals surface area contributed by atoms with Crippen molar-refractivity contribution in [1.29, 1.82) is 0 Å². The number of amides is 1. The SMILES string of the molecule is CCC(C(=O)NC1CCC(C)CC1)n1nnc(-c2ccc(Cl)cc2)n1. The van der Waals surface area contributed by atoms with Crippen molar-refractivity contribution in [1.82, 2.24) is 25.5 Å². The number of carbonyl (C=O) groups is 1. The van der Waals surface area contributed by atoms with Crippen molar-refractivity contribution in [2.45, 2.75) is 58.0 Å². The van der Waals surface area contributed by atoms with Gasteiger partial charge in [-0.1, -0.05) is 25.4 Å². The summed E-state index contributed by atoms with van der Waals surface area (Å²) in [4.78, 5) is 14.1. The third-order valence-electron chi connectivity index (χ3n) is 4.86.